The molecule has 1 saturated heterocycles. The second kappa shape index (κ2) is 14.0. The fourth-order valence-electron chi connectivity index (χ4n) is 2.72. The molecule has 1 heterocycles. The third-order valence-corrected chi connectivity index (χ3v) is 4.46. The first kappa shape index (κ1) is 22.3. The minimum absolute atomic E-state index is 0.426. The van der Waals surface area contributed by atoms with Gasteiger partial charge in [-0.15, -0.1) is 0 Å². The largest absolute Gasteiger partial charge is 0.306 e. The molecule has 2 rings (SSSR count). The van der Waals surface area contributed by atoms with E-state index < -0.39 is 0 Å². The standard InChI is InChI=1S/C7H15N.C7H12S.2C2H6/c1-7-4-3-5-8(2)6-7;1-7(6-8)4-2-3-5-7;2*1-2/h7H,3-6H2,1-2H3;6H,2-5H2,1H3;2*1-2H3. The number of hydrogen-bond acceptors (Lipinski definition) is 2. The van der Waals surface area contributed by atoms with Gasteiger partial charge in [0.1, 0.15) is 0 Å². The molecule has 1 atom stereocenters. The van der Waals surface area contributed by atoms with E-state index in [-0.39, 0.29) is 0 Å². The summed E-state index contributed by atoms with van der Waals surface area (Å²) >= 11 is 4.90. The van der Waals surface area contributed by atoms with Crippen LogP contribution in [0.15, 0.2) is 0 Å². The smallest absolute Gasteiger partial charge is 0.000398 e. The van der Waals surface area contributed by atoms with E-state index in [4.69, 9.17) is 12.2 Å². The molecular weight excluding hydrogens is 262 g/mol. The summed E-state index contributed by atoms with van der Waals surface area (Å²) < 4.78 is 0. The summed E-state index contributed by atoms with van der Waals surface area (Å²) in [5.41, 5.74) is 0.426. The Morgan fingerprint density at radius 1 is 1.05 bits per heavy atom. The van der Waals surface area contributed by atoms with Gasteiger partial charge in [0.25, 0.3) is 0 Å². The van der Waals surface area contributed by atoms with Gasteiger partial charge >= 0.3 is 0 Å². The first-order valence-corrected chi connectivity index (χ1v) is 9.18. The van der Waals surface area contributed by atoms with E-state index in [1.165, 1.54) is 51.6 Å². The zero-order valence-electron chi connectivity index (χ0n) is 15.2. The summed E-state index contributed by atoms with van der Waals surface area (Å²) in [5.74, 6) is 0.939. The molecule has 0 bridgehead atoms. The molecule has 2 fully saturated rings. The molecule has 0 radical (unpaired) electrons. The normalized spacial score (nSPS) is 24.1. The summed E-state index contributed by atoms with van der Waals surface area (Å²) in [6.45, 7) is 15.2. The van der Waals surface area contributed by atoms with Crippen molar-refractivity contribution >= 4 is 17.6 Å². The third kappa shape index (κ3) is 10.8. The third-order valence-electron chi connectivity index (χ3n) is 3.89. The average molecular weight is 302 g/mol. The maximum atomic E-state index is 4.90. The highest BCUT2D eigenvalue weighted by molar-refractivity contribution is 7.79. The predicted octanol–water partition coefficient (Wildman–Crippen LogP) is 5.97. The molecule has 1 saturated carbocycles. The van der Waals surface area contributed by atoms with Gasteiger partial charge in [-0.05, 0) is 56.0 Å². The van der Waals surface area contributed by atoms with Gasteiger partial charge in [0, 0.05) is 6.54 Å². The Kier molecular flexibility index (Phi) is 15.6. The van der Waals surface area contributed by atoms with Crippen LogP contribution in [0, 0.1) is 11.3 Å². The van der Waals surface area contributed by atoms with E-state index in [1.807, 2.05) is 33.1 Å². The Morgan fingerprint density at radius 2 is 1.55 bits per heavy atom. The predicted molar refractivity (Wildman–Crippen MR) is 98.8 cm³/mol. The van der Waals surface area contributed by atoms with Crippen LogP contribution in [0.4, 0.5) is 0 Å². The van der Waals surface area contributed by atoms with Crippen molar-refractivity contribution in [2.24, 2.45) is 11.3 Å². The van der Waals surface area contributed by atoms with Crippen molar-refractivity contribution in [2.75, 3.05) is 20.1 Å². The Balaban J connectivity index is 0. The number of rotatable bonds is 1. The second-order valence-corrected chi connectivity index (χ2v) is 6.22. The molecule has 2 aliphatic rings. The van der Waals surface area contributed by atoms with Crippen LogP contribution in [0.3, 0.4) is 0 Å². The molecule has 20 heavy (non-hydrogen) atoms. The van der Waals surface area contributed by atoms with Crippen LogP contribution in [-0.2, 0) is 0 Å². The van der Waals surface area contributed by atoms with Crippen molar-refractivity contribution in [2.45, 2.75) is 80.1 Å². The van der Waals surface area contributed by atoms with E-state index in [2.05, 4.69) is 25.8 Å². The fraction of sp³-hybridized carbons (Fsp3) is 0.944. The van der Waals surface area contributed by atoms with Gasteiger partial charge in [-0.1, -0.05) is 66.6 Å². The molecule has 0 aromatic rings. The van der Waals surface area contributed by atoms with E-state index in [0.717, 1.165) is 5.92 Å². The summed E-state index contributed by atoms with van der Waals surface area (Å²) in [5, 5.41) is 1.94. The molecule has 1 unspecified atom stereocenters. The summed E-state index contributed by atoms with van der Waals surface area (Å²) in [4.78, 5) is 2.41. The van der Waals surface area contributed by atoms with E-state index >= 15 is 0 Å². The molecule has 0 amide bonds. The van der Waals surface area contributed by atoms with Gasteiger partial charge in [-0.25, -0.2) is 0 Å². The van der Waals surface area contributed by atoms with Crippen molar-refractivity contribution in [3.8, 4) is 0 Å². The van der Waals surface area contributed by atoms with E-state index in [1.54, 1.807) is 0 Å². The maximum absolute atomic E-state index is 4.90. The minimum atomic E-state index is 0.426. The fourth-order valence-corrected chi connectivity index (χ4v) is 2.96. The quantitative estimate of drug-likeness (QED) is 0.549. The lowest BCUT2D eigenvalue weighted by atomic mass is 9.92. The van der Waals surface area contributed by atoms with Crippen LogP contribution in [-0.4, -0.2) is 30.4 Å². The maximum Gasteiger partial charge on any atom is 0.000398 e. The number of nitrogens with zero attached hydrogens (tertiary/aromatic N) is 1. The number of hydrogen-bond donors (Lipinski definition) is 0. The molecule has 0 aromatic heterocycles. The highest BCUT2D eigenvalue weighted by Crippen LogP contribution is 2.35. The van der Waals surface area contributed by atoms with Gasteiger partial charge in [0.15, 0.2) is 0 Å². The van der Waals surface area contributed by atoms with Crippen LogP contribution < -0.4 is 0 Å². The van der Waals surface area contributed by atoms with Gasteiger partial charge in [-0.3, -0.25) is 0 Å². The molecule has 0 spiro atoms. The summed E-state index contributed by atoms with van der Waals surface area (Å²) in [6.07, 6.45) is 8.22. The SMILES string of the molecule is CC.CC.CC1(C=S)CCCC1.CC1CCCN(C)C1. The summed E-state index contributed by atoms with van der Waals surface area (Å²) in [6, 6.07) is 0. The van der Waals surface area contributed by atoms with Crippen molar-refractivity contribution in [3.63, 3.8) is 0 Å². The van der Waals surface area contributed by atoms with Crippen LogP contribution in [0.25, 0.3) is 0 Å². The van der Waals surface area contributed by atoms with Crippen molar-refractivity contribution in [1.82, 2.24) is 4.90 Å². The average Bonchev–Trinajstić information content (AvgIpc) is 2.91. The molecule has 1 nitrogen and oxygen atoms in total. The number of piperidine rings is 1. The van der Waals surface area contributed by atoms with Crippen LogP contribution in [0.2, 0.25) is 0 Å². The van der Waals surface area contributed by atoms with Crippen molar-refractivity contribution < 1.29 is 0 Å². The zero-order valence-corrected chi connectivity index (χ0v) is 16.0. The highest BCUT2D eigenvalue weighted by atomic mass is 32.1. The monoisotopic (exact) mass is 301 g/mol. The van der Waals surface area contributed by atoms with Gasteiger partial charge in [0.05, 0.1) is 0 Å². The van der Waals surface area contributed by atoms with Crippen LogP contribution in [0.1, 0.15) is 80.1 Å². The number of thiocarbonyl (C=S) groups is 1. The lowest BCUT2D eigenvalue weighted by Gasteiger charge is -2.26. The minimum Gasteiger partial charge on any atom is -0.306 e. The Hall–Kier alpha value is 0.0500. The Labute approximate surface area is 134 Å². The summed E-state index contributed by atoms with van der Waals surface area (Å²) in [7, 11) is 2.20. The van der Waals surface area contributed by atoms with Crippen molar-refractivity contribution in [1.29, 1.82) is 0 Å². The first-order chi connectivity index (χ1) is 9.56. The molecule has 0 N–H and O–H groups in total. The van der Waals surface area contributed by atoms with E-state index in [9.17, 15) is 0 Å². The van der Waals surface area contributed by atoms with Gasteiger partial charge in [0.2, 0.25) is 0 Å². The van der Waals surface area contributed by atoms with Gasteiger partial charge < -0.3 is 4.90 Å². The topological polar surface area (TPSA) is 3.24 Å². The van der Waals surface area contributed by atoms with Crippen LogP contribution in [0.5, 0.6) is 0 Å². The molecule has 0 aromatic carbocycles. The zero-order chi connectivity index (χ0) is 16.0. The Bertz CT molecular complexity index is 201. The molecular formula is C18H39NS. The lowest BCUT2D eigenvalue weighted by molar-refractivity contribution is 0.221. The molecule has 1 aliphatic heterocycles. The Morgan fingerprint density at radius 3 is 1.80 bits per heavy atom. The van der Waals surface area contributed by atoms with Crippen molar-refractivity contribution in [3.05, 3.63) is 0 Å². The molecule has 122 valence electrons. The highest BCUT2D eigenvalue weighted by Gasteiger charge is 2.25. The van der Waals surface area contributed by atoms with Crippen LogP contribution >= 0.6 is 12.2 Å². The number of likely N-dealkylation sites (tertiary alicyclic amines) is 1. The molecule has 2 heteroatoms. The van der Waals surface area contributed by atoms with E-state index in [0.29, 0.717) is 5.41 Å². The molecule has 1 aliphatic carbocycles. The van der Waals surface area contributed by atoms with Gasteiger partial charge in [-0.2, -0.15) is 0 Å². The lowest BCUT2D eigenvalue weighted by Crippen LogP contribution is -2.30. The first-order valence-electron chi connectivity index (χ1n) is 8.71. The second-order valence-electron chi connectivity index (χ2n) is 5.99.